The molecule has 1 aliphatic carbocycles. The van der Waals surface area contributed by atoms with E-state index in [0.717, 1.165) is 36.8 Å². The summed E-state index contributed by atoms with van der Waals surface area (Å²) in [6.45, 7) is 2.77. The summed E-state index contributed by atoms with van der Waals surface area (Å²) in [5.74, 6) is 0.833. The van der Waals surface area contributed by atoms with Crippen LogP contribution in [0.5, 0.6) is 0 Å². The Bertz CT molecular complexity index is 779. The third-order valence-corrected chi connectivity index (χ3v) is 5.91. The molecule has 5 heteroatoms. The molecule has 5 nitrogen and oxygen atoms in total. The molecule has 0 radical (unpaired) electrons. The number of nitrogens with zero attached hydrogens (tertiary/aromatic N) is 4. The van der Waals surface area contributed by atoms with Crippen LogP contribution in [0.2, 0.25) is 0 Å². The number of amides is 1. The van der Waals surface area contributed by atoms with Gasteiger partial charge in [-0.2, -0.15) is 5.10 Å². The summed E-state index contributed by atoms with van der Waals surface area (Å²) in [5.41, 5.74) is 4.34. The van der Waals surface area contributed by atoms with Gasteiger partial charge in [-0.05, 0) is 37.0 Å². The molecular weight excluding hydrogens is 336 g/mol. The number of rotatable bonds is 4. The van der Waals surface area contributed by atoms with Crippen LogP contribution in [0.25, 0.3) is 0 Å². The van der Waals surface area contributed by atoms with Crippen LogP contribution in [0.15, 0.2) is 30.5 Å². The van der Waals surface area contributed by atoms with Gasteiger partial charge in [-0.25, -0.2) is 0 Å². The molecule has 1 saturated carbocycles. The number of aromatic nitrogens is 2. The van der Waals surface area contributed by atoms with E-state index >= 15 is 0 Å². The van der Waals surface area contributed by atoms with Gasteiger partial charge in [0.25, 0.3) is 5.91 Å². The average Bonchev–Trinajstić information content (AvgIpc) is 3.11. The first-order chi connectivity index (χ1) is 13.1. The Morgan fingerprint density at radius 3 is 2.63 bits per heavy atom. The van der Waals surface area contributed by atoms with E-state index in [1.54, 1.807) is 19.0 Å². The number of hydrogen-bond acceptors (Lipinski definition) is 3. The van der Waals surface area contributed by atoms with E-state index in [2.05, 4.69) is 21.8 Å². The van der Waals surface area contributed by atoms with E-state index in [0.29, 0.717) is 0 Å². The van der Waals surface area contributed by atoms with Crippen molar-refractivity contribution in [2.24, 2.45) is 5.92 Å². The Hall–Kier alpha value is -2.30. The van der Waals surface area contributed by atoms with Crippen LogP contribution in [-0.4, -0.2) is 34.7 Å². The Balaban J connectivity index is 1.42. The van der Waals surface area contributed by atoms with E-state index in [9.17, 15) is 4.79 Å². The van der Waals surface area contributed by atoms with Crippen molar-refractivity contribution in [2.45, 2.75) is 58.2 Å². The number of benzene rings is 1. The van der Waals surface area contributed by atoms with Gasteiger partial charge in [-0.1, -0.05) is 31.7 Å². The third kappa shape index (κ3) is 4.02. The summed E-state index contributed by atoms with van der Waals surface area (Å²) >= 11 is 0. The van der Waals surface area contributed by atoms with Crippen molar-refractivity contribution in [3.63, 3.8) is 0 Å². The van der Waals surface area contributed by atoms with Crippen LogP contribution in [0.4, 0.5) is 5.69 Å². The highest BCUT2D eigenvalue weighted by atomic mass is 16.2. The molecule has 0 N–H and O–H groups in total. The lowest BCUT2D eigenvalue weighted by Crippen LogP contribution is -2.22. The van der Waals surface area contributed by atoms with Crippen LogP contribution < -0.4 is 4.90 Å². The molecule has 1 amide bonds. The highest BCUT2D eigenvalue weighted by Crippen LogP contribution is 2.29. The number of fused-ring (bicyclic) bond motifs is 1. The molecule has 2 aliphatic rings. The summed E-state index contributed by atoms with van der Waals surface area (Å²) in [6, 6.07) is 7.93. The van der Waals surface area contributed by atoms with Gasteiger partial charge in [0.1, 0.15) is 0 Å². The minimum absolute atomic E-state index is 0.0439. The highest BCUT2D eigenvalue weighted by Gasteiger charge is 2.24. The fraction of sp³-hybridized carbons (Fsp3) is 0.545. The van der Waals surface area contributed by atoms with Crippen molar-refractivity contribution >= 4 is 11.6 Å². The van der Waals surface area contributed by atoms with Crippen LogP contribution in [0.3, 0.4) is 0 Å². The Morgan fingerprint density at radius 2 is 1.93 bits per heavy atom. The lowest BCUT2D eigenvalue weighted by atomic mass is 10.0. The Labute approximate surface area is 162 Å². The second-order valence-corrected chi connectivity index (χ2v) is 8.29. The molecule has 1 fully saturated rings. The van der Waals surface area contributed by atoms with E-state index in [1.165, 1.54) is 49.8 Å². The zero-order chi connectivity index (χ0) is 18.8. The molecule has 4 rings (SSSR count). The largest absolute Gasteiger partial charge is 0.361 e. The molecule has 0 unspecified atom stereocenters. The van der Waals surface area contributed by atoms with E-state index < -0.39 is 0 Å². The number of hydrogen-bond donors (Lipinski definition) is 0. The number of carbonyl (C=O) groups excluding carboxylic acids is 1. The zero-order valence-electron chi connectivity index (χ0n) is 16.5. The molecule has 2 aromatic rings. The number of anilines is 1. The molecule has 0 saturated heterocycles. The quantitative estimate of drug-likeness (QED) is 0.766. The van der Waals surface area contributed by atoms with Crippen LogP contribution >= 0.6 is 0 Å². The topological polar surface area (TPSA) is 41.4 Å². The van der Waals surface area contributed by atoms with Gasteiger partial charge in [0.2, 0.25) is 0 Å². The van der Waals surface area contributed by atoms with Crippen LogP contribution in [0.1, 0.15) is 60.1 Å². The molecule has 0 bridgehead atoms. The van der Waals surface area contributed by atoms with Gasteiger partial charge >= 0.3 is 0 Å². The Morgan fingerprint density at radius 1 is 1.15 bits per heavy atom. The maximum atomic E-state index is 12.2. The molecule has 1 aromatic heterocycles. The highest BCUT2D eigenvalue weighted by molar-refractivity contribution is 5.94. The van der Waals surface area contributed by atoms with Gasteiger partial charge in [-0.15, -0.1) is 0 Å². The first-order valence-electron chi connectivity index (χ1n) is 10.2. The fourth-order valence-corrected chi connectivity index (χ4v) is 4.39. The van der Waals surface area contributed by atoms with Gasteiger partial charge in [0.15, 0.2) is 0 Å². The lowest BCUT2D eigenvalue weighted by molar-refractivity contribution is 0.0827. The molecule has 1 aromatic carbocycles. The van der Waals surface area contributed by atoms with Gasteiger partial charge in [0, 0.05) is 50.2 Å². The summed E-state index contributed by atoms with van der Waals surface area (Å²) in [4.78, 5) is 16.2. The normalized spacial score (nSPS) is 17.6. The van der Waals surface area contributed by atoms with E-state index in [-0.39, 0.29) is 5.91 Å². The van der Waals surface area contributed by atoms with Gasteiger partial charge in [0.05, 0.1) is 12.2 Å². The van der Waals surface area contributed by atoms with Crippen molar-refractivity contribution in [3.8, 4) is 0 Å². The maximum absolute atomic E-state index is 12.2. The van der Waals surface area contributed by atoms with Gasteiger partial charge in [-0.3, -0.25) is 9.48 Å². The summed E-state index contributed by atoms with van der Waals surface area (Å²) in [7, 11) is 3.58. The summed E-state index contributed by atoms with van der Waals surface area (Å²) in [5, 5.41) is 4.88. The van der Waals surface area contributed by atoms with E-state index in [1.807, 2.05) is 18.2 Å². The van der Waals surface area contributed by atoms with Crippen molar-refractivity contribution in [1.82, 2.24) is 14.7 Å². The van der Waals surface area contributed by atoms with Crippen molar-refractivity contribution in [2.75, 3.05) is 19.0 Å². The van der Waals surface area contributed by atoms with Crippen molar-refractivity contribution in [3.05, 3.63) is 47.3 Å². The van der Waals surface area contributed by atoms with Gasteiger partial charge < -0.3 is 9.80 Å². The minimum atomic E-state index is 0.0439. The molecule has 0 atom stereocenters. The fourth-order valence-electron chi connectivity index (χ4n) is 4.39. The minimum Gasteiger partial charge on any atom is -0.361 e. The maximum Gasteiger partial charge on any atom is 0.253 e. The first-order valence-corrected chi connectivity index (χ1v) is 10.2. The Kier molecular flexibility index (Phi) is 5.19. The number of carbonyl (C=O) groups is 1. The second kappa shape index (κ2) is 7.75. The standard InChI is InChI=1S/C22H30N4O/c1-24(2)22(27)18-10-7-11-20(12-18)25-14-19-15-26(23-21(19)16-25)13-17-8-5-3-4-6-9-17/h7,10-12,15,17H,3-6,8-9,13-14,16H2,1-2H3. The molecule has 1 aliphatic heterocycles. The second-order valence-electron chi connectivity index (χ2n) is 8.29. The zero-order valence-corrected chi connectivity index (χ0v) is 16.5. The molecule has 27 heavy (non-hydrogen) atoms. The smallest absolute Gasteiger partial charge is 0.253 e. The summed E-state index contributed by atoms with van der Waals surface area (Å²) < 4.78 is 2.18. The molecule has 0 spiro atoms. The predicted octanol–water partition coefficient (Wildman–Crippen LogP) is 4.08. The molecule has 2 heterocycles. The van der Waals surface area contributed by atoms with E-state index in [4.69, 9.17) is 5.10 Å². The molecule has 144 valence electrons. The summed E-state index contributed by atoms with van der Waals surface area (Å²) in [6.07, 6.45) is 10.5. The predicted molar refractivity (Wildman–Crippen MR) is 108 cm³/mol. The monoisotopic (exact) mass is 366 g/mol. The SMILES string of the molecule is CN(C)C(=O)c1cccc(N2Cc3cn(CC4CCCCCC4)nc3C2)c1. The third-order valence-electron chi connectivity index (χ3n) is 5.91. The average molecular weight is 367 g/mol. The van der Waals surface area contributed by atoms with Crippen molar-refractivity contribution in [1.29, 1.82) is 0 Å². The van der Waals surface area contributed by atoms with Crippen LogP contribution in [-0.2, 0) is 19.6 Å². The molecular formula is C22H30N4O. The van der Waals surface area contributed by atoms with Crippen molar-refractivity contribution < 1.29 is 4.79 Å². The first kappa shape index (κ1) is 18.1. The lowest BCUT2D eigenvalue weighted by Gasteiger charge is -2.20. The van der Waals surface area contributed by atoms with Crippen LogP contribution in [0, 0.1) is 5.92 Å².